The van der Waals surface area contributed by atoms with Gasteiger partial charge in [-0.1, -0.05) is 19.8 Å². The lowest BCUT2D eigenvalue weighted by Crippen LogP contribution is -2.16. The van der Waals surface area contributed by atoms with Gasteiger partial charge in [-0.15, -0.1) is 0 Å². The minimum absolute atomic E-state index is 0.0417. The van der Waals surface area contributed by atoms with Crippen molar-refractivity contribution in [3.8, 4) is 0 Å². The zero-order chi connectivity index (χ0) is 11.4. The second-order valence-electron chi connectivity index (χ2n) is 2.77. The zero-order valence-electron chi connectivity index (χ0n) is 8.75. The average Bonchev–Trinajstić information content (AvgIpc) is 2.05. The van der Waals surface area contributed by atoms with Crippen LogP contribution in [0.2, 0.25) is 0 Å². The molecule has 0 aliphatic heterocycles. The number of hydrogen-bond acceptors (Lipinski definition) is 3. The molecular weight excluding hydrogens is 186 g/mol. The van der Waals surface area contributed by atoms with E-state index in [4.69, 9.17) is 10.2 Å². The van der Waals surface area contributed by atoms with Gasteiger partial charge < -0.3 is 15.5 Å². The minimum Gasteiger partial charge on any atom is -0.481 e. The summed E-state index contributed by atoms with van der Waals surface area (Å²) in [4.78, 5) is 19.4. The van der Waals surface area contributed by atoms with Crippen LogP contribution in [0.5, 0.6) is 0 Å². The fourth-order valence-corrected chi connectivity index (χ4v) is 0.677. The van der Waals surface area contributed by atoms with E-state index >= 15 is 0 Å². The summed E-state index contributed by atoms with van der Waals surface area (Å²) in [6, 6.07) is 0. The molecule has 5 nitrogen and oxygen atoms in total. The van der Waals surface area contributed by atoms with Crippen LogP contribution in [-0.2, 0) is 9.59 Å². The molecule has 0 atom stereocenters. The van der Waals surface area contributed by atoms with Crippen molar-refractivity contribution in [2.75, 3.05) is 13.6 Å². The highest BCUT2D eigenvalue weighted by Crippen LogP contribution is 1.97. The van der Waals surface area contributed by atoms with Gasteiger partial charge in [-0.3, -0.25) is 9.59 Å². The van der Waals surface area contributed by atoms with Crippen LogP contribution in [0.3, 0.4) is 0 Å². The van der Waals surface area contributed by atoms with Crippen LogP contribution in [-0.4, -0.2) is 35.7 Å². The van der Waals surface area contributed by atoms with Crippen LogP contribution < -0.4 is 5.32 Å². The maximum Gasteiger partial charge on any atom is 0.317 e. The van der Waals surface area contributed by atoms with Crippen molar-refractivity contribution in [2.45, 2.75) is 32.6 Å². The summed E-state index contributed by atoms with van der Waals surface area (Å²) >= 11 is 0. The molecule has 3 N–H and O–H groups in total. The summed E-state index contributed by atoms with van der Waals surface area (Å²) in [7, 11) is 1.59. The molecule has 0 aromatic carbocycles. The van der Waals surface area contributed by atoms with Crippen molar-refractivity contribution in [3.63, 3.8) is 0 Å². The SMILES string of the molecule is CCCCCC(=O)O.CNCC(=O)O. The molecule has 0 spiro atoms. The minimum atomic E-state index is -0.822. The number of unbranched alkanes of at least 4 members (excludes halogenated alkanes) is 2. The van der Waals surface area contributed by atoms with Crippen LogP contribution in [0.4, 0.5) is 0 Å². The summed E-state index contributed by atoms with van der Waals surface area (Å²) in [6.45, 7) is 2.10. The van der Waals surface area contributed by atoms with E-state index in [-0.39, 0.29) is 6.54 Å². The van der Waals surface area contributed by atoms with E-state index in [1.807, 2.05) is 0 Å². The first-order valence-electron chi connectivity index (χ1n) is 4.62. The van der Waals surface area contributed by atoms with E-state index in [9.17, 15) is 9.59 Å². The lowest BCUT2D eigenvalue weighted by molar-refractivity contribution is -0.137. The van der Waals surface area contributed by atoms with Crippen molar-refractivity contribution in [3.05, 3.63) is 0 Å². The largest absolute Gasteiger partial charge is 0.481 e. The summed E-state index contributed by atoms with van der Waals surface area (Å²) < 4.78 is 0. The summed E-state index contributed by atoms with van der Waals surface area (Å²) in [5.74, 6) is -1.50. The monoisotopic (exact) mass is 205 g/mol. The van der Waals surface area contributed by atoms with Gasteiger partial charge in [0.2, 0.25) is 0 Å². The van der Waals surface area contributed by atoms with Gasteiger partial charge in [-0.25, -0.2) is 0 Å². The van der Waals surface area contributed by atoms with Gasteiger partial charge in [-0.2, -0.15) is 0 Å². The van der Waals surface area contributed by atoms with Crippen LogP contribution >= 0.6 is 0 Å². The fourth-order valence-electron chi connectivity index (χ4n) is 0.677. The Morgan fingerprint density at radius 2 is 1.71 bits per heavy atom. The maximum absolute atomic E-state index is 9.87. The number of likely N-dealkylation sites (N-methyl/N-ethyl adjacent to an activating group) is 1. The first-order chi connectivity index (χ1) is 6.54. The molecule has 0 aromatic rings. The van der Waals surface area contributed by atoms with Crippen molar-refractivity contribution < 1.29 is 19.8 Å². The van der Waals surface area contributed by atoms with Gasteiger partial charge in [0.1, 0.15) is 0 Å². The fraction of sp³-hybridized carbons (Fsp3) is 0.778. The van der Waals surface area contributed by atoms with Crippen molar-refractivity contribution in [1.82, 2.24) is 5.32 Å². The van der Waals surface area contributed by atoms with Crippen LogP contribution in [0.1, 0.15) is 32.6 Å². The summed E-state index contributed by atoms with van der Waals surface area (Å²) in [5, 5.41) is 18.5. The standard InChI is InChI=1S/C6H12O2.C3H7NO2/c1-2-3-4-5-6(7)8;1-4-2-3(5)6/h2-5H2,1H3,(H,7,8);4H,2H2,1H3,(H,5,6). The highest BCUT2D eigenvalue weighted by atomic mass is 16.4. The van der Waals surface area contributed by atoms with E-state index in [0.717, 1.165) is 19.3 Å². The number of carboxylic acid groups (broad SMARTS) is 2. The van der Waals surface area contributed by atoms with Crippen molar-refractivity contribution in [1.29, 1.82) is 0 Å². The molecular formula is C9H19NO4. The lowest BCUT2D eigenvalue weighted by Gasteiger charge is -1.89. The molecule has 0 bridgehead atoms. The molecule has 0 saturated carbocycles. The van der Waals surface area contributed by atoms with E-state index in [1.54, 1.807) is 7.05 Å². The van der Waals surface area contributed by atoms with E-state index in [2.05, 4.69) is 12.2 Å². The van der Waals surface area contributed by atoms with Crippen LogP contribution in [0.25, 0.3) is 0 Å². The number of aliphatic carboxylic acids is 2. The van der Waals surface area contributed by atoms with Gasteiger partial charge in [0.25, 0.3) is 0 Å². The Morgan fingerprint density at radius 3 is 1.93 bits per heavy atom. The molecule has 0 fully saturated rings. The number of rotatable bonds is 6. The number of carboxylic acids is 2. The molecule has 5 heteroatoms. The van der Waals surface area contributed by atoms with Gasteiger partial charge in [-0.05, 0) is 13.5 Å². The Bertz CT molecular complexity index is 159. The first-order valence-corrected chi connectivity index (χ1v) is 4.62. The van der Waals surface area contributed by atoms with E-state index < -0.39 is 11.9 Å². The van der Waals surface area contributed by atoms with Gasteiger partial charge >= 0.3 is 11.9 Å². The first kappa shape index (κ1) is 15.4. The smallest absolute Gasteiger partial charge is 0.317 e. The number of carbonyl (C=O) groups is 2. The third kappa shape index (κ3) is 22.4. The van der Waals surface area contributed by atoms with Crippen LogP contribution in [0, 0.1) is 0 Å². The predicted molar refractivity (Wildman–Crippen MR) is 53.3 cm³/mol. The van der Waals surface area contributed by atoms with Gasteiger partial charge in [0.05, 0.1) is 6.54 Å². The van der Waals surface area contributed by atoms with Crippen molar-refractivity contribution in [2.24, 2.45) is 0 Å². The lowest BCUT2D eigenvalue weighted by atomic mass is 10.2. The topological polar surface area (TPSA) is 86.6 Å². The average molecular weight is 205 g/mol. The molecule has 0 radical (unpaired) electrons. The molecule has 0 heterocycles. The summed E-state index contributed by atoms with van der Waals surface area (Å²) in [5.41, 5.74) is 0. The normalized spacial score (nSPS) is 8.71. The second kappa shape index (κ2) is 11.9. The molecule has 0 saturated heterocycles. The number of hydrogen-bond donors (Lipinski definition) is 3. The Labute approximate surface area is 84.1 Å². The predicted octanol–water partition coefficient (Wildman–Crippen LogP) is 0.942. The van der Waals surface area contributed by atoms with E-state index in [1.165, 1.54) is 0 Å². The van der Waals surface area contributed by atoms with Gasteiger partial charge in [0, 0.05) is 6.42 Å². The van der Waals surface area contributed by atoms with E-state index in [0.29, 0.717) is 6.42 Å². The molecule has 0 unspecified atom stereocenters. The van der Waals surface area contributed by atoms with Gasteiger partial charge in [0.15, 0.2) is 0 Å². The summed E-state index contributed by atoms with van der Waals surface area (Å²) in [6.07, 6.45) is 3.28. The molecule has 0 rings (SSSR count). The molecule has 84 valence electrons. The molecule has 0 aromatic heterocycles. The quantitative estimate of drug-likeness (QED) is 0.562. The molecule has 0 amide bonds. The Hall–Kier alpha value is -1.10. The highest BCUT2D eigenvalue weighted by Gasteiger charge is 1.92. The Kier molecular flexibility index (Phi) is 13.1. The number of nitrogens with one attached hydrogen (secondary N) is 1. The highest BCUT2D eigenvalue weighted by molar-refractivity contribution is 5.68. The molecule has 0 aliphatic carbocycles. The third-order valence-corrected chi connectivity index (χ3v) is 1.32. The molecule has 14 heavy (non-hydrogen) atoms. The second-order valence-corrected chi connectivity index (χ2v) is 2.77. The maximum atomic E-state index is 9.87. The third-order valence-electron chi connectivity index (χ3n) is 1.32. The zero-order valence-corrected chi connectivity index (χ0v) is 8.75. The van der Waals surface area contributed by atoms with Crippen molar-refractivity contribution >= 4 is 11.9 Å². The molecule has 0 aliphatic rings. The Balaban J connectivity index is 0. The van der Waals surface area contributed by atoms with Crippen LogP contribution in [0.15, 0.2) is 0 Å². The Morgan fingerprint density at radius 1 is 1.14 bits per heavy atom.